The average molecular weight is 471 g/mol. The first-order chi connectivity index (χ1) is 15.8. The largest absolute Gasteiger partial charge is 0.496 e. The van der Waals surface area contributed by atoms with Crippen LogP contribution in [0.5, 0.6) is 5.75 Å². The van der Waals surface area contributed by atoms with Crippen LogP contribution in [0.1, 0.15) is 48.4 Å². The molecule has 2 atom stereocenters. The fourth-order valence-electron chi connectivity index (χ4n) is 5.59. The number of piperidine rings is 1. The number of likely N-dealkylation sites (tertiary alicyclic amines) is 1. The SMILES string of the molecule is COc1cc(C)c2[nH]ccc2c1CN1CCC2(CCCO2)C[C@H]1c1ccc(P(=O)(O)O)cc1. The highest BCUT2D eigenvalue weighted by Gasteiger charge is 2.43. The van der Waals surface area contributed by atoms with Gasteiger partial charge in [-0.2, -0.15) is 0 Å². The molecule has 3 N–H and O–H groups in total. The van der Waals surface area contributed by atoms with Crippen LogP contribution in [0.15, 0.2) is 42.6 Å². The van der Waals surface area contributed by atoms with Gasteiger partial charge >= 0.3 is 7.60 Å². The van der Waals surface area contributed by atoms with Crippen molar-refractivity contribution in [3.63, 3.8) is 0 Å². The first kappa shape index (κ1) is 22.6. The van der Waals surface area contributed by atoms with Gasteiger partial charge in [-0.25, -0.2) is 0 Å². The van der Waals surface area contributed by atoms with E-state index < -0.39 is 7.60 Å². The second kappa shape index (κ2) is 8.57. The molecule has 0 bridgehead atoms. The number of benzene rings is 2. The molecule has 8 heteroatoms. The van der Waals surface area contributed by atoms with Gasteiger partial charge in [0.2, 0.25) is 0 Å². The minimum absolute atomic E-state index is 0.0506. The first-order valence-electron chi connectivity index (χ1n) is 11.5. The number of aryl methyl sites for hydroxylation is 1. The molecule has 176 valence electrons. The van der Waals surface area contributed by atoms with Crippen molar-refractivity contribution in [2.45, 2.75) is 50.8 Å². The van der Waals surface area contributed by atoms with Gasteiger partial charge in [-0.15, -0.1) is 0 Å². The number of H-pyrrole nitrogens is 1. The number of hydrogen-bond acceptors (Lipinski definition) is 4. The Morgan fingerprint density at radius 1 is 1.24 bits per heavy atom. The molecule has 0 radical (unpaired) electrons. The fraction of sp³-hybridized carbons (Fsp3) is 0.440. The summed E-state index contributed by atoms with van der Waals surface area (Å²) in [4.78, 5) is 24.9. The van der Waals surface area contributed by atoms with E-state index in [1.165, 1.54) is 5.39 Å². The molecule has 0 aliphatic carbocycles. The van der Waals surface area contributed by atoms with E-state index in [0.29, 0.717) is 0 Å². The number of aromatic nitrogens is 1. The maximum atomic E-state index is 11.7. The molecule has 3 heterocycles. The zero-order chi connectivity index (χ0) is 23.2. The standard InChI is InChI=1S/C25H31N2O5P/c1-17-14-23(31-2)21(20-8-11-26-24(17)20)16-27-12-10-25(9-3-13-32-25)15-22(27)18-4-6-19(7-5-18)33(28,29)30/h4-8,11,14,22,26H,3,9-10,12-13,15-16H2,1-2H3,(H2,28,29,30)/t22-,25?/m0/s1. The second-order valence-electron chi connectivity index (χ2n) is 9.35. The monoisotopic (exact) mass is 470 g/mol. The maximum Gasteiger partial charge on any atom is 0.356 e. The summed E-state index contributed by atoms with van der Waals surface area (Å²) >= 11 is 0. The van der Waals surface area contributed by atoms with Crippen LogP contribution in [0.3, 0.4) is 0 Å². The van der Waals surface area contributed by atoms with Crippen molar-refractivity contribution >= 4 is 23.8 Å². The maximum absolute atomic E-state index is 11.7. The lowest BCUT2D eigenvalue weighted by atomic mass is 9.81. The Kier molecular flexibility index (Phi) is 5.88. The zero-order valence-corrected chi connectivity index (χ0v) is 20.0. The highest BCUT2D eigenvalue weighted by atomic mass is 31.2. The van der Waals surface area contributed by atoms with Crippen molar-refractivity contribution in [2.75, 3.05) is 20.3 Å². The third-order valence-corrected chi connectivity index (χ3v) is 8.32. The van der Waals surface area contributed by atoms with Crippen LogP contribution in [0, 0.1) is 6.92 Å². The van der Waals surface area contributed by atoms with Crippen LogP contribution >= 0.6 is 7.60 Å². The molecule has 2 saturated heterocycles. The second-order valence-corrected chi connectivity index (χ2v) is 11.0. The van der Waals surface area contributed by atoms with Gasteiger partial charge in [0, 0.05) is 48.4 Å². The van der Waals surface area contributed by atoms with E-state index in [4.69, 9.17) is 9.47 Å². The summed E-state index contributed by atoms with van der Waals surface area (Å²) in [5.41, 5.74) is 4.37. The fourth-order valence-corrected chi connectivity index (χ4v) is 6.13. The Hall–Kier alpha value is -2.15. The molecular formula is C25H31N2O5P. The summed E-state index contributed by atoms with van der Waals surface area (Å²) in [7, 11) is -2.55. The molecular weight excluding hydrogens is 439 g/mol. The zero-order valence-electron chi connectivity index (χ0n) is 19.1. The normalized spacial score (nSPS) is 24.1. The Morgan fingerprint density at radius 3 is 2.70 bits per heavy atom. The molecule has 5 rings (SSSR count). The molecule has 0 amide bonds. The molecule has 1 spiro atoms. The number of methoxy groups -OCH3 is 1. The van der Waals surface area contributed by atoms with Crippen LogP contribution in [0.25, 0.3) is 10.9 Å². The predicted octanol–water partition coefficient (Wildman–Crippen LogP) is 4.17. The lowest BCUT2D eigenvalue weighted by Crippen LogP contribution is -2.45. The number of hydrogen-bond donors (Lipinski definition) is 3. The summed E-state index contributed by atoms with van der Waals surface area (Å²) < 4.78 is 23.7. The molecule has 2 fully saturated rings. The minimum Gasteiger partial charge on any atom is -0.496 e. The number of nitrogens with one attached hydrogen (secondary N) is 1. The van der Waals surface area contributed by atoms with Crippen molar-refractivity contribution in [1.29, 1.82) is 0 Å². The van der Waals surface area contributed by atoms with Gasteiger partial charge in [0.15, 0.2) is 0 Å². The number of aromatic amines is 1. The summed E-state index contributed by atoms with van der Waals surface area (Å²) in [5, 5.41) is 1.22. The highest BCUT2D eigenvalue weighted by Crippen LogP contribution is 2.45. The van der Waals surface area contributed by atoms with Crippen LogP contribution in [0.2, 0.25) is 0 Å². The van der Waals surface area contributed by atoms with Crippen LogP contribution in [0.4, 0.5) is 0 Å². The Morgan fingerprint density at radius 2 is 2.03 bits per heavy atom. The third kappa shape index (κ3) is 4.25. The number of nitrogens with zero attached hydrogens (tertiary/aromatic N) is 1. The quantitative estimate of drug-likeness (QED) is 0.485. The van der Waals surface area contributed by atoms with Gasteiger partial charge in [0.05, 0.1) is 18.0 Å². The molecule has 3 aromatic rings. The first-order valence-corrected chi connectivity index (χ1v) is 13.1. The lowest BCUT2D eigenvalue weighted by Gasteiger charge is -2.45. The van der Waals surface area contributed by atoms with Crippen LogP contribution < -0.4 is 10.0 Å². The summed E-state index contributed by atoms with van der Waals surface area (Å²) in [6.45, 7) is 4.49. The van der Waals surface area contributed by atoms with Crippen LogP contribution in [-0.4, -0.2) is 45.5 Å². The topological polar surface area (TPSA) is 95.0 Å². The molecule has 7 nitrogen and oxygen atoms in total. The molecule has 2 aliphatic heterocycles. The van der Waals surface area contributed by atoms with Gasteiger partial charge in [-0.05, 0) is 68.0 Å². The highest BCUT2D eigenvalue weighted by molar-refractivity contribution is 7.60. The molecule has 2 aromatic carbocycles. The van der Waals surface area contributed by atoms with E-state index in [2.05, 4.69) is 28.9 Å². The minimum atomic E-state index is -4.27. The van der Waals surface area contributed by atoms with Crippen molar-refractivity contribution in [1.82, 2.24) is 9.88 Å². The molecule has 33 heavy (non-hydrogen) atoms. The van der Waals surface area contributed by atoms with E-state index in [1.54, 1.807) is 19.2 Å². The van der Waals surface area contributed by atoms with Crippen molar-refractivity contribution < 1.29 is 23.8 Å². The van der Waals surface area contributed by atoms with Crippen LogP contribution in [-0.2, 0) is 15.8 Å². The summed E-state index contributed by atoms with van der Waals surface area (Å²) in [6.07, 6.45) is 5.96. The van der Waals surface area contributed by atoms with Gasteiger partial charge in [-0.1, -0.05) is 12.1 Å². The van der Waals surface area contributed by atoms with E-state index in [0.717, 1.165) is 73.3 Å². The van der Waals surface area contributed by atoms with Gasteiger partial charge < -0.3 is 24.2 Å². The van der Waals surface area contributed by atoms with E-state index in [9.17, 15) is 14.4 Å². The summed E-state index contributed by atoms with van der Waals surface area (Å²) in [6, 6.07) is 11.1. The number of ether oxygens (including phenoxy) is 2. The van der Waals surface area contributed by atoms with Crippen molar-refractivity contribution in [3.05, 3.63) is 59.3 Å². The smallest absolute Gasteiger partial charge is 0.356 e. The van der Waals surface area contributed by atoms with E-state index in [1.807, 2.05) is 18.3 Å². The Balaban J connectivity index is 1.52. The average Bonchev–Trinajstić information content (AvgIpc) is 3.47. The van der Waals surface area contributed by atoms with Crippen molar-refractivity contribution in [3.8, 4) is 5.75 Å². The van der Waals surface area contributed by atoms with Gasteiger partial charge in [0.1, 0.15) is 5.75 Å². The van der Waals surface area contributed by atoms with E-state index >= 15 is 0 Å². The van der Waals surface area contributed by atoms with Crippen molar-refractivity contribution in [2.24, 2.45) is 0 Å². The van der Waals surface area contributed by atoms with E-state index in [-0.39, 0.29) is 16.9 Å². The molecule has 1 unspecified atom stereocenters. The van der Waals surface area contributed by atoms with Gasteiger partial charge in [0.25, 0.3) is 0 Å². The molecule has 2 aliphatic rings. The number of rotatable bonds is 5. The predicted molar refractivity (Wildman–Crippen MR) is 128 cm³/mol. The van der Waals surface area contributed by atoms with Gasteiger partial charge in [-0.3, -0.25) is 9.46 Å². The summed E-state index contributed by atoms with van der Waals surface area (Å²) in [5.74, 6) is 0.882. The molecule has 1 aromatic heterocycles. The Bertz CT molecular complexity index is 1190. The Labute approximate surface area is 193 Å². The third-order valence-electron chi connectivity index (χ3n) is 7.35. The molecule has 0 saturated carbocycles. The number of fused-ring (bicyclic) bond motifs is 1. The lowest BCUT2D eigenvalue weighted by molar-refractivity contribution is -0.0676.